The summed E-state index contributed by atoms with van der Waals surface area (Å²) >= 11 is 0. The highest BCUT2D eigenvalue weighted by molar-refractivity contribution is 5.92. The number of carbonyl (C=O) groups excluding carboxylic acids is 2. The molecule has 0 bridgehead atoms. The maximum absolute atomic E-state index is 12.1. The quantitative estimate of drug-likeness (QED) is 0.877. The second-order valence-corrected chi connectivity index (χ2v) is 6.24. The third kappa shape index (κ3) is 4.03. The number of carbonyl (C=O) groups is 2. The smallest absolute Gasteiger partial charge is 0.269 e. The number of ether oxygens (including phenoxy) is 1. The van der Waals surface area contributed by atoms with Crippen LogP contribution in [0.4, 0.5) is 5.69 Å². The van der Waals surface area contributed by atoms with Crippen LogP contribution in [0.5, 0.6) is 0 Å². The number of aromatic nitrogens is 1. The Labute approximate surface area is 142 Å². The average Bonchev–Trinajstić information content (AvgIpc) is 3.13. The summed E-state index contributed by atoms with van der Waals surface area (Å²) in [6.07, 6.45) is 3.92. The van der Waals surface area contributed by atoms with Gasteiger partial charge in [0.25, 0.3) is 5.91 Å². The van der Waals surface area contributed by atoms with E-state index in [9.17, 15) is 9.59 Å². The molecule has 7 heteroatoms. The van der Waals surface area contributed by atoms with Gasteiger partial charge in [-0.3, -0.25) is 9.59 Å². The largest absolute Gasteiger partial charge is 0.376 e. The zero-order chi connectivity index (χ0) is 16.9. The van der Waals surface area contributed by atoms with Crippen LogP contribution in [0.1, 0.15) is 30.3 Å². The Hall–Kier alpha value is -2.15. The van der Waals surface area contributed by atoms with Crippen molar-refractivity contribution >= 4 is 17.5 Å². The molecule has 1 aromatic rings. The first kappa shape index (κ1) is 16.7. The van der Waals surface area contributed by atoms with E-state index in [-0.39, 0.29) is 17.9 Å². The zero-order valence-electron chi connectivity index (χ0n) is 14.0. The van der Waals surface area contributed by atoms with E-state index in [1.165, 1.54) is 0 Å². The lowest BCUT2D eigenvalue weighted by Crippen LogP contribution is -2.48. The van der Waals surface area contributed by atoms with E-state index in [4.69, 9.17) is 4.74 Å². The number of hydrogen-bond donors (Lipinski definition) is 1. The van der Waals surface area contributed by atoms with Crippen molar-refractivity contribution in [3.05, 3.63) is 24.0 Å². The molecule has 2 aliphatic rings. The second-order valence-electron chi connectivity index (χ2n) is 6.24. The minimum Gasteiger partial charge on any atom is -0.376 e. The maximum Gasteiger partial charge on any atom is 0.269 e. The van der Waals surface area contributed by atoms with E-state index in [1.54, 1.807) is 19.2 Å². The van der Waals surface area contributed by atoms with Gasteiger partial charge >= 0.3 is 0 Å². The molecule has 130 valence electrons. The average molecular weight is 332 g/mol. The van der Waals surface area contributed by atoms with E-state index in [0.29, 0.717) is 12.2 Å². The van der Waals surface area contributed by atoms with Crippen LogP contribution >= 0.6 is 0 Å². The van der Waals surface area contributed by atoms with Crippen LogP contribution < -0.4 is 10.2 Å². The fraction of sp³-hybridized carbons (Fsp3) is 0.588. The fourth-order valence-corrected chi connectivity index (χ4v) is 3.09. The molecule has 1 N–H and O–H groups in total. The van der Waals surface area contributed by atoms with Gasteiger partial charge in [0.2, 0.25) is 5.91 Å². The Bertz CT molecular complexity index is 576. The standard InChI is InChI=1S/C17H24N4O3/c1-13(22)20-6-8-21(9-7-20)14-4-5-16(18-11-14)17(23)19-12-15-3-2-10-24-15/h4-5,11,15H,2-3,6-10,12H2,1H3,(H,19,23). The van der Waals surface area contributed by atoms with E-state index in [0.717, 1.165) is 51.3 Å². The molecule has 7 nitrogen and oxygen atoms in total. The van der Waals surface area contributed by atoms with Gasteiger partial charge in [-0.15, -0.1) is 0 Å². The Balaban J connectivity index is 1.51. The van der Waals surface area contributed by atoms with Gasteiger partial charge in [0, 0.05) is 46.3 Å². The molecule has 1 aromatic heterocycles. The minimum atomic E-state index is -0.168. The Morgan fingerprint density at radius 1 is 1.29 bits per heavy atom. The van der Waals surface area contributed by atoms with Crippen LogP contribution in [-0.4, -0.2) is 67.1 Å². The normalized spacial score (nSPS) is 21.0. The minimum absolute atomic E-state index is 0.117. The predicted octanol–water partition coefficient (Wildman–Crippen LogP) is 0.659. The molecule has 0 spiro atoms. The molecule has 2 saturated heterocycles. The molecule has 0 radical (unpaired) electrons. The molecule has 2 fully saturated rings. The summed E-state index contributed by atoms with van der Waals surface area (Å²) < 4.78 is 5.49. The summed E-state index contributed by atoms with van der Waals surface area (Å²) in [5, 5.41) is 2.87. The highest BCUT2D eigenvalue weighted by Gasteiger charge is 2.20. The van der Waals surface area contributed by atoms with Gasteiger partial charge in [-0.1, -0.05) is 0 Å². The third-order valence-electron chi connectivity index (χ3n) is 4.58. The number of anilines is 1. The fourth-order valence-electron chi connectivity index (χ4n) is 3.09. The van der Waals surface area contributed by atoms with Crippen LogP contribution in [0.3, 0.4) is 0 Å². The van der Waals surface area contributed by atoms with Gasteiger partial charge in [0.1, 0.15) is 5.69 Å². The van der Waals surface area contributed by atoms with Crippen molar-refractivity contribution in [1.82, 2.24) is 15.2 Å². The third-order valence-corrected chi connectivity index (χ3v) is 4.58. The Morgan fingerprint density at radius 2 is 2.08 bits per heavy atom. The summed E-state index contributed by atoms with van der Waals surface area (Å²) in [6.45, 7) is 5.93. The van der Waals surface area contributed by atoms with Gasteiger partial charge in [-0.05, 0) is 25.0 Å². The predicted molar refractivity (Wildman–Crippen MR) is 90.0 cm³/mol. The van der Waals surface area contributed by atoms with E-state index < -0.39 is 0 Å². The second kappa shape index (κ2) is 7.61. The van der Waals surface area contributed by atoms with Gasteiger partial charge in [-0.2, -0.15) is 0 Å². The van der Waals surface area contributed by atoms with E-state index >= 15 is 0 Å². The first-order valence-electron chi connectivity index (χ1n) is 8.50. The first-order chi connectivity index (χ1) is 11.6. The highest BCUT2D eigenvalue weighted by atomic mass is 16.5. The van der Waals surface area contributed by atoms with Crippen LogP contribution in [0.25, 0.3) is 0 Å². The van der Waals surface area contributed by atoms with Crippen molar-refractivity contribution in [2.75, 3.05) is 44.2 Å². The molecular formula is C17H24N4O3. The molecule has 24 heavy (non-hydrogen) atoms. The molecular weight excluding hydrogens is 308 g/mol. The van der Waals surface area contributed by atoms with E-state index in [2.05, 4.69) is 15.2 Å². The summed E-state index contributed by atoms with van der Waals surface area (Å²) in [4.78, 5) is 31.8. The van der Waals surface area contributed by atoms with Crippen molar-refractivity contribution in [2.45, 2.75) is 25.9 Å². The molecule has 2 amide bonds. The maximum atomic E-state index is 12.1. The highest BCUT2D eigenvalue weighted by Crippen LogP contribution is 2.16. The van der Waals surface area contributed by atoms with Crippen molar-refractivity contribution in [3.63, 3.8) is 0 Å². The van der Waals surface area contributed by atoms with Crippen LogP contribution in [-0.2, 0) is 9.53 Å². The monoisotopic (exact) mass is 332 g/mol. The van der Waals surface area contributed by atoms with Crippen LogP contribution in [0, 0.1) is 0 Å². The first-order valence-corrected chi connectivity index (χ1v) is 8.50. The van der Waals surface area contributed by atoms with Crippen molar-refractivity contribution in [2.24, 2.45) is 0 Å². The molecule has 2 aliphatic heterocycles. The van der Waals surface area contributed by atoms with Crippen LogP contribution in [0.15, 0.2) is 18.3 Å². The number of nitrogens with zero attached hydrogens (tertiary/aromatic N) is 3. The lowest BCUT2D eigenvalue weighted by molar-refractivity contribution is -0.129. The zero-order valence-corrected chi connectivity index (χ0v) is 14.0. The van der Waals surface area contributed by atoms with Crippen molar-refractivity contribution in [3.8, 4) is 0 Å². The van der Waals surface area contributed by atoms with Gasteiger partial charge in [0.15, 0.2) is 0 Å². The van der Waals surface area contributed by atoms with Crippen molar-refractivity contribution < 1.29 is 14.3 Å². The Morgan fingerprint density at radius 3 is 2.67 bits per heavy atom. The van der Waals surface area contributed by atoms with E-state index in [1.807, 2.05) is 11.0 Å². The van der Waals surface area contributed by atoms with Crippen LogP contribution in [0.2, 0.25) is 0 Å². The molecule has 1 atom stereocenters. The molecule has 3 rings (SSSR count). The number of hydrogen-bond acceptors (Lipinski definition) is 5. The summed E-state index contributed by atoms with van der Waals surface area (Å²) in [5.74, 6) is -0.0514. The van der Waals surface area contributed by atoms with Gasteiger partial charge in [0.05, 0.1) is 18.0 Å². The van der Waals surface area contributed by atoms with Gasteiger partial charge in [-0.25, -0.2) is 4.98 Å². The SMILES string of the molecule is CC(=O)N1CCN(c2ccc(C(=O)NCC3CCCO3)nc2)CC1. The van der Waals surface area contributed by atoms with Crippen molar-refractivity contribution in [1.29, 1.82) is 0 Å². The number of amides is 2. The summed E-state index contributed by atoms with van der Waals surface area (Å²) in [7, 11) is 0. The summed E-state index contributed by atoms with van der Waals surface area (Å²) in [5.41, 5.74) is 1.40. The lowest BCUT2D eigenvalue weighted by Gasteiger charge is -2.35. The molecule has 1 unspecified atom stereocenters. The molecule has 0 aromatic carbocycles. The lowest BCUT2D eigenvalue weighted by atomic mass is 10.2. The number of nitrogens with one attached hydrogen (secondary N) is 1. The number of pyridine rings is 1. The number of rotatable bonds is 4. The molecule has 0 saturated carbocycles. The van der Waals surface area contributed by atoms with Gasteiger partial charge < -0.3 is 19.9 Å². The molecule has 3 heterocycles. The molecule has 0 aliphatic carbocycles. The summed E-state index contributed by atoms with van der Waals surface area (Å²) in [6, 6.07) is 3.66. The topological polar surface area (TPSA) is 74.8 Å². The number of piperazine rings is 1. The Kier molecular flexibility index (Phi) is 5.30.